The summed E-state index contributed by atoms with van der Waals surface area (Å²) >= 11 is 0. The molecule has 0 saturated carbocycles. The van der Waals surface area contributed by atoms with Crippen molar-refractivity contribution >= 4 is 33.5 Å². The van der Waals surface area contributed by atoms with Gasteiger partial charge in [0, 0.05) is 11.6 Å². The molecule has 2 heterocycles. The fourth-order valence-electron chi connectivity index (χ4n) is 2.69. The van der Waals surface area contributed by atoms with Gasteiger partial charge in [0.05, 0.1) is 28.6 Å². The van der Waals surface area contributed by atoms with E-state index >= 15 is 0 Å². The number of fused-ring (bicyclic) bond motifs is 2. The highest BCUT2D eigenvalue weighted by Crippen LogP contribution is 2.21. The van der Waals surface area contributed by atoms with Gasteiger partial charge in [-0.1, -0.05) is 18.2 Å². The third-order valence-corrected chi connectivity index (χ3v) is 3.76. The van der Waals surface area contributed by atoms with Crippen LogP contribution in [0.25, 0.3) is 21.9 Å². The molecule has 112 valence electrons. The standard InChI is InChI=1S/C18H14N4O/c23-18(11-22-12-20-16-6-1-2-9-17(16)22)21-15-8-3-7-14-13(15)5-4-10-19-14/h1-10,12H,11H2,(H,21,23). The predicted octanol–water partition coefficient (Wildman–Crippen LogP) is 3.22. The third-order valence-electron chi connectivity index (χ3n) is 3.76. The molecule has 0 bridgehead atoms. The zero-order valence-electron chi connectivity index (χ0n) is 12.3. The van der Waals surface area contributed by atoms with Crippen molar-refractivity contribution in [1.29, 1.82) is 0 Å². The van der Waals surface area contributed by atoms with E-state index in [9.17, 15) is 4.79 Å². The van der Waals surface area contributed by atoms with Crippen molar-refractivity contribution in [2.24, 2.45) is 0 Å². The molecule has 4 aromatic rings. The van der Waals surface area contributed by atoms with Crippen LogP contribution < -0.4 is 5.32 Å². The summed E-state index contributed by atoms with van der Waals surface area (Å²) in [5.41, 5.74) is 3.46. The number of nitrogens with zero attached hydrogens (tertiary/aromatic N) is 3. The highest BCUT2D eigenvalue weighted by Gasteiger charge is 2.09. The number of hydrogen-bond acceptors (Lipinski definition) is 3. The Morgan fingerprint density at radius 2 is 1.83 bits per heavy atom. The normalized spacial score (nSPS) is 11.0. The summed E-state index contributed by atoms with van der Waals surface area (Å²) < 4.78 is 1.84. The van der Waals surface area contributed by atoms with Crippen molar-refractivity contribution in [3.8, 4) is 0 Å². The average molecular weight is 302 g/mol. The van der Waals surface area contributed by atoms with Gasteiger partial charge in [-0.05, 0) is 36.4 Å². The maximum absolute atomic E-state index is 12.4. The van der Waals surface area contributed by atoms with E-state index in [0.29, 0.717) is 0 Å². The van der Waals surface area contributed by atoms with Crippen LogP contribution in [0.3, 0.4) is 0 Å². The van der Waals surface area contributed by atoms with Crippen molar-refractivity contribution in [2.75, 3.05) is 5.32 Å². The first-order chi connectivity index (χ1) is 11.3. The SMILES string of the molecule is O=C(Cn1cnc2ccccc21)Nc1cccc2ncccc12. The van der Waals surface area contributed by atoms with Gasteiger partial charge in [0.2, 0.25) is 5.91 Å². The molecule has 4 rings (SSSR count). The Bertz CT molecular complexity index is 1000. The molecule has 2 aromatic heterocycles. The highest BCUT2D eigenvalue weighted by atomic mass is 16.1. The van der Waals surface area contributed by atoms with Crippen molar-refractivity contribution in [2.45, 2.75) is 6.54 Å². The maximum atomic E-state index is 12.4. The second-order valence-electron chi connectivity index (χ2n) is 5.29. The van der Waals surface area contributed by atoms with E-state index in [2.05, 4.69) is 15.3 Å². The largest absolute Gasteiger partial charge is 0.324 e. The first-order valence-electron chi connectivity index (χ1n) is 7.35. The molecule has 0 aliphatic carbocycles. The quantitative estimate of drug-likeness (QED) is 0.632. The van der Waals surface area contributed by atoms with Crippen molar-refractivity contribution in [1.82, 2.24) is 14.5 Å². The second-order valence-corrected chi connectivity index (χ2v) is 5.29. The van der Waals surface area contributed by atoms with E-state index in [0.717, 1.165) is 27.6 Å². The minimum Gasteiger partial charge on any atom is -0.324 e. The topological polar surface area (TPSA) is 59.8 Å². The van der Waals surface area contributed by atoms with Crippen LogP contribution in [0.2, 0.25) is 0 Å². The highest BCUT2D eigenvalue weighted by molar-refractivity contribution is 6.01. The zero-order chi connectivity index (χ0) is 15.6. The van der Waals surface area contributed by atoms with Crippen molar-refractivity contribution in [3.05, 3.63) is 67.1 Å². The fourth-order valence-corrected chi connectivity index (χ4v) is 2.69. The maximum Gasteiger partial charge on any atom is 0.244 e. The van der Waals surface area contributed by atoms with Crippen LogP contribution >= 0.6 is 0 Å². The van der Waals surface area contributed by atoms with Crippen LogP contribution in [0.5, 0.6) is 0 Å². The number of anilines is 1. The van der Waals surface area contributed by atoms with Gasteiger partial charge in [-0.3, -0.25) is 9.78 Å². The molecule has 0 spiro atoms. The molecule has 0 aliphatic heterocycles. The van der Waals surface area contributed by atoms with Gasteiger partial charge in [0.1, 0.15) is 6.54 Å². The number of pyridine rings is 1. The minimum absolute atomic E-state index is 0.0930. The summed E-state index contributed by atoms with van der Waals surface area (Å²) in [5, 5.41) is 3.89. The summed E-state index contributed by atoms with van der Waals surface area (Å²) in [6.45, 7) is 0.219. The first kappa shape index (κ1) is 13.5. The Morgan fingerprint density at radius 1 is 0.957 bits per heavy atom. The number of imidazole rings is 1. The number of para-hydroxylation sites is 2. The molecule has 2 aromatic carbocycles. The number of carbonyl (C=O) groups is 1. The predicted molar refractivity (Wildman–Crippen MR) is 90.1 cm³/mol. The van der Waals surface area contributed by atoms with Crippen LogP contribution in [0.15, 0.2) is 67.1 Å². The summed E-state index contributed by atoms with van der Waals surface area (Å²) in [5.74, 6) is -0.0930. The smallest absolute Gasteiger partial charge is 0.244 e. The van der Waals surface area contributed by atoms with Gasteiger partial charge in [-0.15, -0.1) is 0 Å². The summed E-state index contributed by atoms with van der Waals surface area (Å²) in [7, 11) is 0. The lowest BCUT2D eigenvalue weighted by molar-refractivity contribution is -0.116. The third kappa shape index (κ3) is 2.53. The van der Waals surface area contributed by atoms with Gasteiger partial charge >= 0.3 is 0 Å². The Morgan fingerprint density at radius 3 is 2.78 bits per heavy atom. The van der Waals surface area contributed by atoms with Gasteiger partial charge in [0.15, 0.2) is 0 Å². The summed E-state index contributed by atoms with van der Waals surface area (Å²) in [6, 6.07) is 17.3. The van der Waals surface area contributed by atoms with E-state index in [4.69, 9.17) is 0 Å². The van der Waals surface area contributed by atoms with Gasteiger partial charge in [0.25, 0.3) is 0 Å². The van der Waals surface area contributed by atoms with Crippen LogP contribution in [0.1, 0.15) is 0 Å². The lowest BCUT2D eigenvalue weighted by Crippen LogP contribution is -2.18. The fraction of sp³-hybridized carbons (Fsp3) is 0.0556. The number of rotatable bonds is 3. The number of hydrogen-bond donors (Lipinski definition) is 1. The van der Waals surface area contributed by atoms with Crippen LogP contribution in [-0.2, 0) is 11.3 Å². The lowest BCUT2D eigenvalue weighted by Gasteiger charge is -2.09. The zero-order valence-corrected chi connectivity index (χ0v) is 12.3. The lowest BCUT2D eigenvalue weighted by atomic mass is 10.2. The molecule has 1 N–H and O–H groups in total. The molecular formula is C18H14N4O. The average Bonchev–Trinajstić information content (AvgIpc) is 2.98. The minimum atomic E-state index is -0.0930. The van der Waals surface area contributed by atoms with E-state index in [1.807, 2.05) is 59.2 Å². The Balaban J connectivity index is 1.60. The van der Waals surface area contributed by atoms with Crippen LogP contribution in [0, 0.1) is 0 Å². The molecule has 5 heteroatoms. The van der Waals surface area contributed by atoms with E-state index < -0.39 is 0 Å². The van der Waals surface area contributed by atoms with Gasteiger partial charge in [-0.25, -0.2) is 4.98 Å². The van der Waals surface area contributed by atoms with E-state index in [1.165, 1.54) is 0 Å². The summed E-state index contributed by atoms with van der Waals surface area (Å²) in [4.78, 5) is 21.0. The second kappa shape index (κ2) is 5.53. The van der Waals surface area contributed by atoms with Crippen LogP contribution in [-0.4, -0.2) is 20.4 Å². The number of nitrogens with one attached hydrogen (secondary N) is 1. The molecule has 0 radical (unpaired) electrons. The molecule has 0 saturated heterocycles. The number of aromatic nitrogens is 3. The number of amides is 1. The Labute approximate surface area is 132 Å². The van der Waals surface area contributed by atoms with Gasteiger partial charge in [-0.2, -0.15) is 0 Å². The molecule has 5 nitrogen and oxygen atoms in total. The van der Waals surface area contributed by atoms with Crippen molar-refractivity contribution in [3.63, 3.8) is 0 Å². The molecule has 1 amide bonds. The Hall–Kier alpha value is -3.21. The molecule has 0 atom stereocenters. The van der Waals surface area contributed by atoms with E-state index in [1.54, 1.807) is 12.5 Å². The molecule has 0 fully saturated rings. The van der Waals surface area contributed by atoms with Gasteiger partial charge < -0.3 is 9.88 Å². The molecule has 0 aliphatic rings. The molecular weight excluding hydrogens is 288 g/mol. The Kier molecular flexibility index (Phi) is 3.24. The van der Waals surface area contributed by atoms with Crippen molar-refractivity contribution < 1.29 is 4.79 Å². The number of benzene rings is 2. The summed E-state index contributed by atoms with van der Waals surface area (Å²) in [6.07, 6.45) is 3.43. The van der Waals surface area contributed by atoms with Crippen LogP contribution in [0.4, 0.5) is 5.69 Å². The van der Waals surface area contributed by atoms with E-state index in [-0.39, 0.29) is 12.5 Å². The molecule has 0 unspecified atom stereocenters. The first-order valence-corrected chi connectivity index (χ1v) is 7.35. The molecule has 23 heavy (non-hydrogen) atoms. The monoisotopic (exact) mass is 302 g/mol. The number of carbonyl (C=O) groups excluding carboxylic acids is 1.